The Labute approximate surface area is 143 Å². The van der Waals surface area contributed by atoms with Gasteiger partial charge in [0.05, 0.1) is 19.3 Å². The molecule has 0 radical (unpaired) electrons. The lowest BCUT2D eigenvalue weighted by molar-refractivity contribution is -0.126. The van der Waals surface area contributed by atoms with Crippen LogP contribution in [0.1, 0.15) is 43.7 Å². The van der Waals surface area contributed by atoms with Crippen LogP contribution in [-0.2, 0) is 9.53 Å². The quantitative estimate of drug-likeness (QED) is 0.900. The number of morpholine rings is 1. The molecule has 4 nitrogen and oxygen atoms in total. The topological polar surface area (TPSA) is 41.6 Å². The van der Waals surface area contributed by atoms with Gasteiger partial charge in [0.25, 0.3) is 0 Å². The third-order valence-corrected chi connectivity index (χ3v) is 5.19. The summed E-state index contributed by atoms with van der Waals surface area (Å²) in [6.07, 6.45) is 5.57. The summed E-state index contributed by atoms with van der Waals surface area (Å²) in [6.45, 7) is 3.65. The summed E-state index contributed by atoms with van der Waals surface area (Å²) in [7, 11) is 0. The fourth-order valence-electron chi connectivity index (χ4n) is 3.74. The third kappa shape index (κ3) is 4.54. The maximum atomic E-state index is 13.2. The van der Waals surface area contributed by atoms with Crippen LogP contribution in [0.15, 0.2) is 24.3 Å². The number of rotatable bonds is 5. The molecule has 1 amide bonds. The fourth-order valence-corrected chi connectivity index (χ4v) is 3.74. The lowest BCUT2D eigenvalue weighted by Crippen LogP contribution is -2.44. The van der Waals surface area contributed by atoms with Gasteiger partial charge < -0.3 is 10.1 Å². The van der Waals surface area contributed by atoms with Gasteiger partial charge in [-0.3, -0.25) is 9.69 Å². The number of carbonyl (C=O) groups is 1. The van der Waals surface area contributed by atoms with Crippen molar-refractivity contribution in [3.63, 3.8) is 0 Å². The van der Waals surface area contributed by atoms with Crippen LogP contribution < -0.4 is 5.32 Å². The Bertz CT molecular complexity index is 523. The van der Waals surface area contributed by atoms with E-state index in [0.717, 1.165) is 44.3 Å². The van der Waals surface area contributed by atoms with E-state index in [4.69, 9.17) is 4.74 Å². The minimum absolute atomic E-state index is 0.0713. The van der Waals surface area contributed by atoms with E-state index in [1.165, 1.54) is 18.6 Å². The van der Waals surface area contributed by atoms with Crippen LogP contribution in [0.4, 0.5) is 4.39 Å². The Hall–Kier alpha value is -1.46. The zero-order chi connectivity index (χ0) is 16.8. The molecule has 1 aliphatic carbocycles. The molecule has 0 unspecified atom stereocenters. The minimum Gasteiger partial charge on any atom is -0.379 e. The van der Waals surface area contributed by atoms with Gasteiger partial charge in [0.15, 0.2) is 0 Å². The number of halogens is 1. The van der Waals surface area contributed by atoms with E-state index < -0.39 is 0 Å². The molecule has 0 aromatic heterocycles. The lowest BCUT2D eigenvalue weighted by Gasteiger charge is -2.35. The van der Waals surface area contributed by atoms with Crippen LogP contribution in [0.25, 0.3) is 0 Å². The zero-order valence-electron chi connectivity index (χ0n) is 14.2. The van der Waals surface area contributed by atoms with Crippen LogP contribution in [0, 0.1) is 11.7 Å². The number of carbonyl (C=O) groups excluding carboxylic acids is 1. The summed E-state index contributed by atoms with van der Waals surface area (Å²) >= 11 is 0. The number of hydrogen-bond acceptors (Lipinski definition) is 3. The summed E-state index contributed by atoms with van der Waals surface area (Å²) in [4.78, 5) is 14.8. The molecule has 2 fully saturated rings. The summed E-state index contributed by atoms with van der Waals surface area (Å²) in [6, 6.07) is 6.70. The van der Waals surface area contributed by atoms with Gasteiger partial charge in [0.1, 0.15) is 5.82 Å². The summed E-state index contributed by atoms with van der Waals surface area (Å²) < 4.78 is 18.7. The first-order valence-corrected chi connectivity index (χ1v) is 9.09. The van der Waals surface area contributed by atoms with Crippen molar-refractivity contribution in [2.45, 2.75) is 38.1 Å². The van der Waals surface area contributed by atoms with Gasteiger partial charge >= 0.3 is 0 Å². The van der Waals surface area contributed by atoms with Crippen LogP contribution in [0.5, 0.6) is 0 Å². The second-order valence-electron chi connectivity index (χ2n) is 6.80. The predicted molar refractivity (Wildman–Crippen MR) is 91.1 cm³/mol. The van der Waals surface area contributed by atoms with E-state index in [2.05, 4.69) is 10.2 Å². The molecule has 1 aliphatic heterocycles. The Morgan fingerprint density at radius 1 is 1.17 bits per heavy atom. The molecule has 1 saturated heterocycles. The highest BCUT2D eigenvalue weighted by atomic mass is 19.1. The van der Waals surface area contributed by atoms with Crippen molar-refractivity contribution in [2.24, 2.45) is 5.92 Å². The van der Waals surface area contributed by atoms with Crippen LogP contribution in [-0.4, -0.2) is 43.7 Å². The molecule has 132 valence electrons. The SMILES string of the molecule is O=C(NC[C@@H](c1ccc(F)cc1)N1CCOCC1)C1CCCCC1. The molecule has 0 bridgehead atoms. The van der Waals surface area contributed by atoms with E-state index in [1.54, 1.807) is 0 Å². The highest BCUT2D eigenvalue weighted by Crippen LogP contribution is 2.25. The van der Waals surface area contributed by atoms with E-state index in [9.17, 15) is 9.18 Å². The van der Waals surface area contributed by atoms with Crippen molar-refractivity contribution in [1.82, 2.24) is 10.2 Å². The van der Waals surface area contributed by atoms with Gasteiger partial charge in [-0.15, -0.1) is 0 Å². The second kappa shape index (κ2) is 8.58. The zero-order valence-corrected chi connectivity index (χ0v) is 14.2. The third-order valence-electron chi connectivity index (χ3n) is 5.19. The molecule has 1 aromatic rings. The number of benzene rings is 1. The molecule has 1 atom stereocenters. The van der Waals surface area contributed by atoms with Crippen molar-refractivity contribution in [1.29, 1.82) is 0 Å². The van der Waals surface area contributed by atoms with Crippen LogP contribution in [0.3, 0.4) is 0 Å². The van der Waals surface area contributed by atoms with E-state index >= 15 is 0 Å². The second-order valence-corrected chi connectivity index (χ2v) is 6.80. The summed E-state index contributed by atoms with van der Waals surface area (Å²) in [5, 5.41) is 3.15. The first-order chi connectivity index (χ1) is 11.7. The van der Waals surface area contributed by atoms with Crippen molar-refractivity contribution in [3.8, 4) is 0 Å². The van der Waals surface area contributed by atoms with Crippen molar-refractivity contribution >= 4 is 5.91 Å². The average molecular weight is 334 g/mol. The average Bonchev–Trinajstić information content (AvgIpc) is 2.65. The molecule has 1 saturated carbocycles. The number of amides is 1. The van der Waals surface area contributed by atoms with Gasteiger partial charge in [-0.1, -0.05) is 31.4 Å². The molecule has 5 heteroatoms. The first-order valence-electron chi connectivity index (χ1n) is 9.09. The number of nitrogens with zero attached hydrogens (tertiary/aromatic N) is 1. The van der Waals surface area contributed by atoms with Gasteiger partial charge in [0.2, 0.25) is 5.91 Å². The van der Waals surface area contributed by atoms with Gasteiger partial charge in [-0.05, 0) is 30.5 Å². The molecular formula is C19H27FN2O2. The summed E-state index contributed by atoms with van der Waals surface area (Å²) in [5.74, 6) is 0.109. The molecule has 2 aliphatic rings. The molecule has 1 aromatic carbocycles. The lowest BCUT2D eigenvalue weighted by atomic mass is 9.88. The van der Waals surface area contributed by atoms with Gasteiger partial charge in [-0.2, -0.15) is 0 Å². The van der Waals surface area contributed by atoms with Crippen LogP contribution in [0.2, 0.25) is 0 Å². The molecule has 24 heavy (non-hydrogen) atoms. The van der Waals surface area contributed by atoms with E-state index in [0.29, 0.717) is 19.8 Å². The monoisotopic (exact) mass is 334 g/mol. The minimum atomic E-state index is -0.231. The number of nitrogens with one attached hydrogen (secondary N) is 1. The normalized spacial score (nSPS) is 21.4. The Kier molecular flexibility index (Phi) is 6.21. The smallest absolute Gasteiger partial charge is 0.223 e. The largest absolute Gasteiger partial charge is 0.379 e. The molecule has 1 heterocycles. The summed E-state index contributed by atoms with van der Waals surface area (Å²) in [5.41, 5.74) is 1.04. The first kappa shape index (κ1) is 17.4. The molecular weight excluding hydrogens is 307 g/mol. The van der Waals surface area contributed by atoms with Gasteiger partial charge in [0, 0.05) is 25.6 Å². The number of ether oxygens (including phenoxy) is 1. The Morgan fingerprint density at radius 2 is 1.83 bits per heavy atom. The maximum absolute atomic E-state index is 13.2. The van der Waals surface area contributed by atoms with Crippen molar-refractivity contribution < 1.29 is 13.9 Å². The highest BCUT2D eigenvalue weighted by molar-refractivity contribution is 5.78. The van der Waals surface area contributed by atoms with Crippen LogP contribution >= 0.6 is 0 Å². The van der Waals surface area contributed by atoms with E-state index in [1.807, 2.05) is 12.1 Å². The highest BCUT2D eigenvalue weighted by Gasteiger charge is 2.26. The maximum Gasteiger partial charge on any atom is 0.223 e. The van der Waals surface area contributed by atoms with E-state index in [-0.39, 0.29) is 23.7 Å². The van der Waals surface area contributed by atoms with Crippen molar-refractivity contribution in [3.05, 3.63) is 35.6 Å². The van der Waals surface area contributed by atoms with Gasteiger partial charge in [-0.25, -0.2) is 4.39 Å². The predicted octanol–water partition coefficient (Wildman–Crippen LogP) is 2.90. The fraction of sp³-hybridized carbons (Fsp3) is 0.632. The standard InChI is InChI=1S/C19H27FN2O2/c20-17-8-6-15(7-9-17)18(22-10-12-24-13-11-22)14-21-19(23)16-4-2-1-3-5-16/h6-9,16,18H,1-5,10-14H2,(H,21,23)/t18-/m0/s1. The Balaban J connectivity index is 1.64. The Morgan fingerprint density at radius 3 is 2.50 bits per heavy atom. The molecule has 1 N–H and O–H groups in total. The molecule has 3 rings (SSSR count). The van der Waals surface area contributed by atoms with Crippen molar-refractivity contribution in [2.75, 3.05) is 32.8 Å². The molecule has 0 spiro atoms. The number of hydrogen-bond donors (Lipinski definition) is 1.